The largest absolute Gasteiger partial charge is 0.351 e. The summed E-state index contributed by atoms with van der Waals surface area (Å²) in [5.41, 5.74) is 1.02. The predicted molar refractivity (Wildman–Crippen MR) is 114 cm³/mol. The maximum atomic E-state index is 12.8. The summed E-state index contributed by atoms with van der Waals surface area (Å²) in [6.45, 7) is 4.68. The number of hydrogen-bond acceptors (Lipinski definition) is 4. The van der Waals surface area contributed by atoms with Gasteiger partial charge in [0.05, 0.1) is 10.6 Å². The van der Waals surface area contributed by atoms with Crippen LogP contribution >= 0.6 is 12.4 Å². The molecule has 1 heterocycles. The van der Waals surface area contributed by atoms with Crippen LogP contribution < -0.4 is 10.6 Å². The van der Waals surface area contributed by atoms with Gasteiger partial charge in [-0.15, -0.1) is 12.4 Å². The summed E-state index contributed by atoms with van der Waals surface area (Å²) in [7, 11) is -3.51. The number of hydrogen-bond donors (Lipinski definition) is 2. The van der Waals surface area contributed by atoms with Crippen LogP contribution in [-0.2, 0) is 15.6 Å². The summed E-state index contributed by atoms with van der Waals surface area (Å²) >= 11 is 0. The third-order valence-electron chi connectivity index (χ3n) is 5.20. The van der Waals surface area contributed by atoms with Gasteiger partial charge in [-0.1, -0.05) is 43.3 Å². The number of rotatable bonds is 6. The van der Waals surface area contributed by atoms with Gasteiger partial charge in [0.2, 0.25) is 0 Å². The van der Waals surface area contributed by atoms with Gasteiger partial charge in [-0.3, -0.25) is 4.79 Å². The molecule has 2 N–H and O–H groups in total. The molecule has 0 unspecified atom stereocenters. The minimum absolute atomic E-state index is 0. The van der Waals surface area contributed by atoms with E-state index in [4.69, 9.17) is 0 Å². The van der Waals surface area contributed by atoms with Crippen LogP contribution in [0.5, 0.6) is 0 Å². The first kappa shape index (κ1) is 22.4. The quantitative estimate of drug-likeness (QED) is 0.749. The van der Waals surface area contributed by atoms with Crippen molar-refractivity contribution in [3.05, 3.63) is 65.7 Å². The number of sulfone groups is 1. The smallest absolute Gasteiger partial charge is 0.251 e. The zero-order valence-electron chi connectivity index (χ0n) is 16.0. The zero-order valence-corrected chi connectivity index (χ0v) is 17.6. The van der Waals surface area contributed by atoms with Crippen molar-refractivity contribution in [2.24, 2.45) is 5.41 Å². The van der Waals surface area contributed by atoms with Crippen LogP contribution in [0.4, 0.5) is 0 Å². The van der Waals surface area contributed by atoms with Crippen molar-refractivity contribution in [3.63, 3.8) is 0 Å². The lowest BCUT2D eigenvalue weighted by molar-refractivity contribution is 0.0921. The van der Waals surface area contributed by atoms with Gasteiger partial charge in [-0.25, -0.2) is 8.42 Å². The van der Waals surface area contributed by atoms with Crippen molar-refractivity contribution >= 4 is 28.2 Å². The van der Waals surface area contributed by atoms with Crippen molar-refractivity contribution in [2.75, 3.05) is 19.6 Å². The fourth-order valence-corrected chi connectivity index (χ4v) is 4.78. The minimum Gasteiger partial charge on any atom is -0.351 e. The van der Waals surface area contributed by atoms with E-state index in [0.717, 1.165) is 25.9 Å². The summed E-state index contributed by atoms with van der Waals surface area (Å²) in [6.07, 6.45) is 2.02. The molecule has 0 saturated carbocycles. The van der Waals surface area contributed by atoms with Gasteiger partial charge in [0.15, 0.2) is 9.84 Å². The Morgan fingerprint density at radius 2 is 1.64 bits per heavy atom. The highest BCUT2D eigenvalue weighted by Crippen LogP contribution is 2.27. The van der Waals surface area contributed by atoms with Gasteiger partial charge >= 0.3 is 0 Å². The molecule has 152 valence electrons. The first-order valence-corrected chi connectivity index (χ1v) is 10.9. The summed E-state index contributed by atoms with van der Waals surface area (Å²) in [4.78, 5) is 13.0. The van der Waals surface area contributed by atoms with Crippen LogP contribution in [0.1, 0.15) is 35.7 Å². The number of carbonyl (C=O) groups excluding carboxylic acids is 1. The molecule has 3 rings (SSSR count). The molecule has 0 aliphatic carbocycles. The lowest BCUT2D eigenvalue weighted by atomic mass is 9.81. The SMILES string of the molecule is CC1(CNC(=O)c2ccccc2CS(=O)(=O)c2ccccc2)CCNCC1.Cl. The number of amides is 1. The van der Waals surface area contributed by atoms with Gasteiger partial charge in [0, 0.05) is 12.1 Å². The van der Waals surface area contributed by atoms with Crippen LogP contribution in [0.15, 0.2) is 59.5 Å². The van der Waals surface area contributed by atoms with Crippen LogP contribution in [0, 0.1) is 5.41 Å². The zero-order chi connectivity index (χ0) is 19.3. The second-order valence-corrected chi connectivity index (χ2v) is 9.46. The second kappa shape index (κ2) is 9.54. The van der Waals surface area contributed by atoms with E-state index < -0.39 is 9.84 Å². The summed E-state index contributed by atoms with van der Waals surface area (Å²) in [6, 6.07) is 15.3. The topological polar surface area (TPSA) is 75.3 Å². The average Bonchev–Trinajstić information content (AvgIpc) is 2.68. The van der Waals surface area contributed by atoms with Gasteiger partial charge < -0.3 is 10.6 Å². The average molecular weight is 423 g/mol. The third kappa shape index (κ3) is 5.56. The number of benzene rings is 2. The third-order valence-corrected chi connectivity index (χ3v) is 6.88. The van der Waals surface area contributed by atoms with Crippen LogP contribution in [0.25, 0.3) is 0 Å². The summed E-state index contributed by atoms with van der Waals surface area (Å²) in [5.74, 6) is -0.407. The number of carbonyl (C=O) groups is 1. The minimum atomic E-state index is -3.51. The Bertz CT molecular complexity index is 895. The predicted octanol–water partition coefficient (Wildman–Crippen LogP) is 3.20. The fourth-order valence-electron chi connectivity index (χ4n) is 3.38. The molecule has 0 aromatic heterocycles. The first-order valence-electron chi connectivity index (χ1n) is 9.24. The molecule has 1 amide bonds. The molecule has 1 fully saturated rings. The van der Waals surface area contributed by atoms with E-state index in [9.17, 15) is 13.2 Å². The van der Waals surface area contributed by atoms with E-state index in [0.29, 0.717) is 17.7 Å². The Morgan fingerprint density at radius 1 is 1.04 bits per heavy atom. The first-order chi connectivity index (χ1) is 12.9. The Balaban J connectivity index is 0.00000280. The lowest BCUT2D eigenvalue weighted by Gasteiger charge is -2.34. The van der Waals surface area contributed by atoms with Crippen molar-refractivity contribution in [2.45, 2.75) is 30.4 Å². The van der Waals surface area contributed by atoms with Gasteiger partial charge in [-0.2, -0.15) is 0 Å². The van der Waals surface area contributed by atoms with E-state index in [1.54, 1.807) is 54.6 Å². The Morgan fingerprint density at radius 3 is 2.32 bits per heavy atom. The molecule has 0 spiro atoms. The Labute approximate surface area is 173 Å². The Hall–Kier alpha value is -1.89. The lowest BCUT2D eigenvalue weighted by Crippen LogP contribution is -2.43. The van der Waals surface area contributed by atoms with Crippen molar-refractivity contribution in [3.8, 4) is 0 Å². The fraction of sp³-hybridized carbons (Fsp3) is 0.381. The van der Waals surface area contributed by atoms with Crippen LogP contribution in [0.2, 0.25) is 0 Å². The molecule has 0 atom stereocenters. The second-order valence-electron chi connectivity index (χ2n) is 7.47. The van der Waals surface area contributed by atoms with Gasteiger partial charge in [-0.05, 0) is 55.1 Å². The molecule has 0 bridgehead atoms. The molecule has 2 aromatic carbocycles. The number of halogens is 1. The molecular formula is C21H27ClN2O3S. The van der Waals surface area contributed by atoms with E-state index in [1.807, 2.05) is 0 Å². The maximum Gasteiger partial charge on any atom is 0.251 e. The normalized spacial score (nSPS) is 16.0. The summed E-state index contributed by atoms with van der Waals surface area (Å²) < 4.78 is 25.4. The maximum absolute atomic E-state index is 12.8. The highest BCUT2D eigenvalue weighted by molar-refractivity contribution is 7.90. The molecular weight excluding hydrogens is 396 g/mol. The van der Waals surface area contributed by atoms with Crippen molar-refractivity contribution in [1.82, 2.24) is 10.6 Å². The van der Waals surface area contributed by atoms with Crippen LogP contribution in [-0.4, -0.2) is 34.0 Å². The van der Waals surface area contributed by atoms with Crippen molar-refractivity contribution < 1.29 is 13.2 Å². The molecule has 0 radical (unpaired) electrons. The highest BCUT2D eigenvalue weighted by Gasteiger charge is 2.27. The molecule has 7 heteroatoms. The standard InChI is InChI=1S/C21H26N2O3S.ClH/c1-21(11-13-22-14-12-21)16-23-20(24)19-10-6-5-7-17(19)15-27(25,26)18-8-3-2-4-9-18;/h2-10,22H,11-16H2,1H3,(H,23,24);1H. The van der Waals surface area contributed by atoms with E-state index in [2.05, 4.69) is 17.6 Å². The van der Waals surface area contributed by atoms with E-state index >= 15 is 0 Å². The number of nitrogens with one attached hydrogen (secondary N) is 2. The number of piperidine rings is 1. The van der Waals surface area contributed by atoms with Gasteiger partial charge in [0.1, 0.15) is 0 Å². The molecule has 28 heavy (non-hydrogen) atoms. The molecule has 1 aliphatic rings. The van der Waals surface area contributed by atoms with Gasteiger partial charge in [0.25, 0.3) is 5.91 Å². The monoisotopic (exact) mass is 422 g/mol. The summed E-state index contributed by atoms with van der Waals surface area (Å²) in [5, 5.41) is 6.34. The van der Waals surface area contributed by atoms with E-state index in [1.165, 1.54) is 0 Å². The Kier molecular flexibility index (Phi) is 7.63. The van der Waals surface area contributed by atoms with E-state index in [-0.39, 0.29) is 34.4 Å². The van der Waals surface area contributed by atoms with Crippen molar-refractivity contribution in [1.29, 1.82) is 0 Å². The molecule has 1 saturated heterocycles. The van der Waals surface area contributed by atoms with Crippen LogP contribution in [0.3, 0.4) is 0 Å². The highest BCUT2D eigenvalue weighted by atomic mass is 35.5. The molecule has 2 aromatic rings. The molecule has 5 nitrogen and oxygen atoms in total. The molecule has 1 aliphatic heterocycles.